The number of hydrogen-bond acceptors (Lipinski definition) is 5. The minimum absolute atomic E-state index is 0.0509. The van der Waals surface area contributed by atoms with Crippen molar-refractivity contribution in [1.29, 1.82) is 0 Å². The van der Waals surface area contributed by atoms with Crippen LogP contribution in [0.4, 0.5) is 11.4 Å². The van der Waals surface area contributed by atoms with Gasteiger partial charge < -0.3 is 16.0 Å². The zero-order chi connectivity index (χ0) is 16.5. The molecule has 1 amide bonds. The summed E-state index contributed by atoms with van der Waals surface area (Å²) in [6.45, 7) is 3.14. The Morgan fingerprint density at radius 3 is 2.74 bits per heavy atom. The maximum atomic E-state index is 11.8. The average molecular weight is 318 g/mol. The van der Waals surface area contributed by atoms with Gasteiger partial charge in [-0.25, -0.2) is 0 Å². The molecule has 0 aromatic heterocycles. The number of carbonyl (C=O) groups excluding carboxylic acids is 1. The zero-order valence-corrected chi connectivity index (χ0v) is 13.0. The normalized spacial score (nSPS) is 14.0. The number of nitrogens with zero attached hydrogens (tertiary/aromatic N) is 1. The van der Waals surface area contributed by atoms with Gasteiger partial charge in [-0.15, -0.1) is 0 Å². The molecule has 1 aliphatic rings. The molecule has 124 valence electrons. The number of nitro benzene ring substituents is 1. The number of non-ortho nitro benzene ring substituents is 1. The lowest BCUT2D eigenvalue weighted by Gasteiger charge is -2.14. The first-order valence-electron chi connectivity index (χ1n) is 7.79. The maximum absolute atomic E-state index is 11.8. The van der Waals surface area contributed by atoms with Crippen LogP contribution < -0.4 is 16.0 Å². The highest BCUT2D eigenvalue weighted by atomic mass is 16.6. The van der Waals surface area contributed by atoms with Crippen molar-refractivity contribution in [3.05, 3.63) is 46.0 Å². The SMILES string of the molecule is O=C(CCCNc1ccc([N+](=O)[O-])cc1)NCC1=CCNCC1. The lowest BCUT2D eigenvalue weighted by atomic mass is 10.1. The number of anilines is 1. The topological polar surface area (TPSA) is 96.3 Å². The van der Waals surface area contributed by atoms with Crippen LogP contribution in [-0.2, 0) is 4.79 Å². The van der Waals surface area contributed by atoms with Crippen molar-refractivity contribution in [2.75, 3.05) is 31.5 Å². The number of carbonyl (C=O) groups is 1. The predicted molar refractivity (Wildman–Crippen MR) is 89.4 cm³/mol. The number of hydrogen-bond donors (Lipinski definition) is 3. The second-order valence-electron chi connectivity index (χ2n) is 5.43. The minimum Gasteiger partial charge on any atom is -0.385 e. The number of benzene rings is 1. The van der Waals surface area contributed by atoms with Crippen molar-refractivity contribution in [2.24, 2.45) is 0 Å². The Morgan fingerprint density at radius 1 is 1.30 bits per heavy atom. The van der Waals surface area contributed by atoms with Gasteiger partial charge in [0.05, 0.1) is 4.92 Å². The van der Waals surface area contributed by atoms with Crippen molar-refractivity contribution in [3.63, 3.8) is 0 Å². The lowest BCUT2D eigenvalue weighted by molar-refractivity contribution is -0.384. The molecule has 7 nitrogen and oxygen atoms in total. The molecule has 0 atom stereocenters. The maximum Gasteiger partial charge on any atom is 0.269 e. The van der Waals surface area contributed by atoms with Gasteiger partial charge >= 0.3 is 0 Å². The van der Waals surface area contributed by atoms with E-state index in [0.29, 0.717) is 25.9 Å². The number of amides is 1. The third-order valence-electron chi connectivity index (χ3n) is 3.66. The Kier molecular flexibility index (Phi) is 6.56. The van der Waals surface area contributed by atoms with Crippen LogP contribution in [0.25, 0.3) is 0 Å². The summed E-state index contributed by atoms with van der Waals surface area (Å²) < 4.78 is 0. The first kappa shape index (κ1) is 17.0. The van der Waals surface area contributed by atoms with E-state index in [4.69, 9.17) is 0 Å². The molecule has 0 unspecified atom stereocenters. The van der Waals surface area contributed by atoms with Gasteiger partial charge in [-0.2, -0.15) is 0 Å². The first-order chi connectivity index (χ1) is 11.1. The quantitative estimate of drug-likeness (QED) is 0.294. The van der Waals surface area contributed by atoms with E-state index in [1.165, 1.54) is 17.7 Å². The summed E-state index contributed by atoms with van der Waals surface area (Å²) in [4.78, 5) is 21.9. The molecule has 2 rings (SSSR count). The Balaban J connectivity index is 1.60. The summed E-state index contributed by atoms with van der Waals surface area (Å²) >= 11 is 0. The van der Waals surface area contributed by atoms with Crippen LogP contribution in [0.2, 0.25) is 0 Å². The molecular formula is C16H22N4O3. The Bertz CT molecular complexity index is 569. The Labute approximate surface area is 135 Å². The molecule has 1 heterocycles. The van der Waals surface area contributed by atoms with Crippen molar-refractivity contribution in [2.45, 2.75) is 19.3 Å². The minimum atomic E-state index is -0.425. The van der Waals surface area contributed by atoms with Crippen LogP contribution in [0, 0.1) is 10.1 Å². The number of nitro groups is 1. The molecule has 7 heteroatoms. The van der Waals surface area contributed by atoms with Crippen molar-refractivity contribution in [3.8, 4) is 0 Å². The molecule has 3 N–H and O–H groups in total. The van der Waals surface area contributed by atoms with Crippen LogP contribution in [0.15, 0.2) is 35.9 Å². The molecule has 0 radical (unpaired) electrons. The molecule has 1 aliphatic heterocycles. The molecule has 1 aromatic rings. The van der Waals surface area contributed by atoms with E-state index in [1.54, 1.807) is 12.1 Å². The molecule has 0 saturated carbocycles. The molecule has 0 fully saturated rings. The summed E-state index contributed by atoms with van der Waals surface area (Å²) in [5, 5.41) is 19.9. The van der Waals surface area contributed by atoms with Crippen LogP contribution in [0.5, 0.6) is 0 Å². The summed E-state index contributed by atoms with van der Waals surface area (Å²) in [6, 6.07) is 6.26. The monoisotopic (exact) mass is 318 g/mol. The van der Waals surface area contributed by atoms with E-state index in [-0.39, 0.29) is 11.6 Å². The van der Waals surface area contributed by atoms with Gasteiger partial charge in [0, 0.05) is 43.9 Å². The third-order valence-corrected chi connectivity index (χ3v) is 3.66. The molecule has 0 bridgehead atoms. The summed E-state index contributed by atoms with van der Waals surface area (Å²) in [7, 11) is 0. The van der Waals surface area contributed by atoms with Gasteiger partial charge in [-0.1, -0.05) is 11.6 Å². The summed E-state index contributed by atoms with van der Waals surface area (Å²) in [5.41, 5.74) is 2.17. The van der Waals surface area contributed by atoms with Crippen LogP contribution in [-0.4, -0.2) is 37.0 Å². The highest BCUT2D eigenvalue weighted by Gasteiger charge is 2.06. The van der Waals surface area contributed by atoms with Crippen LogP contribution in [0.3, 0.4) is 0 Å². The number of nitrogens with one attached hydrogen (secondary N) is 3. The fourth-order valence-electron chi connectivity index (χ4n) is 2.31. The largest absolute Gasteiger partial charge is 0.385 e. The predicted octanol–water partition coefficient (Wildman–Crippen LogP) is 1.82. The third kappa shape index (κ3) is 6.07. The first-order valence-corrected chi connectivity index (χ1v) is 7.79. The lowest BCUT2D eigenvalue weighted by Crippen LogP contribution is -2.29. The summed E-state index contributed by atoms with van der Waals surface area (Å²) in [6.07, 6.45) is 4.29. The van der Waals surface area contributed by atoms with E-state index >= 15 is 0 Å². The molecule has 23 heavy (non-hydrogen) atoms. The van der Waals surface area contributed by atoms with E-state index in [1.807, 2.05) is 0 Å². The zero-order valence-electron chi connectivity index (χ0n) is 13.0. The van der Waals surface area contributed by atoms with Gasteiger partial charge in [-0.05, 0) is 31.5 Å². The summed E-state index contributed by atoms with van der Waals surface area (Å²) in [5.74, 6) is 0.0509. The van der Waals surface area contributed by atoms with Crippen molar-refractivity contribution < 1.29 is 9.72 Å². The molecule has 0 saturated heterocycles. The fraction of sp³-hybridized carbons (Fsp3) is 0.438. The van der Waals surface area contributed by atoms with E-state index in [0.717, 1.165) is 25.2 Å². The van der Waals surface area contributed by atoms with E-state index in [9.17, 15) is 14.9 Å². The second-order valence-corrected chi connectivity index (χ2v) is 5.43. The van der Waals surface area contributed by atoms with Gasteiger partial charge in [0.15, 0.2) is 0 Å². The average Bonchev–Trinajstić information content (AvgIpc) is 2.58. The number of rotatable bonds is 8. The highest BCUT2D eigenvalue weighted by Crippen LogP contribution is 2.15. The molecule has 0 spiro atoms. The van der Waals surface area contributed by atoms with Crippen LogP contribution in [0.1, 0.15) is 19.3 Å². The van der Waals surface area contributed by atoms with Crippen LogP contribution >= 0.6 is 0 Å². The van der Waals surface area contributed by atoms with Gasteiger partial charge in [0.2, 0.25) is 5.91 Å². The molecule has 0 aliphatic carbocycles. The molecular weight excluding hydrogens is 296 g/mol. The smallest absolute Gasteiger partial charge is 0.269 e. The Morgan fingerprint density at radius 2 is 2.09 bits per heavy atom. The fourth-order valence-corrected chi connectivity index (χ4v) is 2.31. The second kappa shape index (κ2) is 8.89. The standard InChI is InChI=1S/C16H22N4O3/c21-16(19-12-13-7-10-17-11-8-13)2-1-9-18-14-3-5-15(6-4-14)20(22)23/h3-7,17-18H,1-2,8-12H2,(H,19,21). The van der Waals surface area contributed by atoms with Crippen molar-refractivity contribution in [1.82, 2.24) is 10.6 Å². The van der Waals surface area contributed by atoms with Gasteiger partial charge in [-0.3, -0.25) is 14.9 Å². The molecule has 1 aromatic carbocycles. The van der Waals surface area contributed by atoms with E-state index in [2.05, 4.69) is 22.0 Å². The highest BCUT2D eigenvalue weighted by molar-refractivity contribution is 5.76. The Hall–Kier alpha value is -2.41. The van der Waals surface area contributed by atoms with Gasteiger partial charge in [0.25, 0.3) is 5.69 Å². The van der Waals surface area contributed by atoms with E-state index < -0.39 is 4.92 Å². The van der Waals surface area contributed by atoms with Gasteiger partial charge in [0.1, 0.15) is 0 Å². The van der Waals surface area contributed by atoms with Crippen molar-refractivity contribution >= 4 is 17.3 Å².